The Kier molecular flexibility index (Phi) is 29.8. The number of rotatable bonds is 29. The highest BCUT2D eigenvalue weighted by atomic mass is 16.5. The third-order valence-electron chi connectivity index (χ3n) is 7.02. The van der Waals surface area contributed by atoms with Gasteiger partial charge in [-0.15, -0.1) is 0 Å². The van der Waals surface area contributed by atoms with Crippen LogP contribution in [0.5, 0.6) is 0 Å². The van der Waals surface area contributed by atoms with E-state index in [1.165, 1.54) is 57.8 Å². The summed E-state index contributed by atoms with van der Waals surface area (Å²) in [5.74, 6) is -0.808. The number of carboxylic acids is 1. The number of carboxylic acid groups (broad SMARTS) is 1. The fourth-order valence-corrected chi connectivity index (χ4v) is 4.58. The molecule has 0 aliphatic rings. The quantitative estimate of drug-likeness (QED) is 0.0563. The summed E-state index contributed by atoms with van der Waals surface area (Å²) in [6, 6.07) is 0. The number of esters is 1. The molecule has 0 heterocycles. The van der Waals surface area contributed by atoms with Crippen molar-refractivity contribution in [2.75, 3.05) is 0 Å². The highest BCUT2D eigenvalue weighted by Crippen LogP contribution is 2.15. The number of carbonyl (C=O) groups excluding carboxylic acids is 1. The number of hydrogen-bond donors (Lipinski definition) is 1. The van der Waals surface area contributed by atoms with Gasteiger partial charge in [-0.25, -0.2) is 0 Å². The normalized spacial score (nSPS) is 12.8. The van der Waals surface area contributed by atoms with E-state index in [1.807, 2.05) is 0 Å². The lowest BCUT2D eigenvalue weighted by Gasteiger charge is -2.15. The molecular formula is C36H62O4. The van der Waals surface area contributed by atoms with Crippen LogP contribution in [0.4, 0.5) is 0 Å². The first-order valence-corrected chi connectivity index (χ1v) is 16.6. The zero-order valence-electron chi connectivity index (χ0n) is 26.1. The zero-order valence-corrected chi connectivity index (χ0v) is 26.1. The average Bonchev–Trinajstić information content (AvgIpc) is 2.93. The summed E-state index contributed by atoms with van der Waals surface area (Å²) in [7, 11) is 0. The second kappa shape index (κ2) is 31.4. The summed E-state index contributed by atoms with van der Waals surface area (Å²) < 4.78 is 5.84. The number of ether oxygens (including phenoxy) is 1. The van der Waals surface area contributed by atoms with E-state index >= 15 is 0 Å². The molecule has 0 radical (unpaired) electrons. The SMILES string of the molecule is CC/C=C\C/C=C\C/C=C\CCCCCCCC(=O)OC(/C=C\CCCCCCCC)CCCCCCC(=O)O. The van der Waals surface area contributed by atoms with Crippen LogP contribution in [0.15, 0.2) is 48.6 Å². The molecule has 0 spiro atoms. The highest BCUT2D eigenvalue weighted by Gasteiger charge is 2.11. The Hall–Kier alpha value is -2.10. The smallest absolute Gasteiger partial charge is 0.306 e. The monoisotopic (exact) mass is 558 g/mol. The molecule has 0 amide bonds. The molecule has 230 valence electrons. The van der Waals surface area contributed by atoms with Crippen molar-refractivity contribution in [3.63, 3.8) is 0 Å². The molecule has 0 fully saturated rings. The van der Waals surface area contributed by atoms with Gasteiger partial charge in [-0.05, 0) is 76.7 Å². The predicted molar refractivity (Wildman–Crippen MR) is 172 cm³/mol. The molecule has 4 nitrogen and oxygen atoms in total. The third-order valence-corrected chi connectivity index (χ3v) is 7.02. The Balaban J connectivity index is 4.09. The van der Waals surface area contributed by atoms with Gasteiger partial charge in [0.15, 0.2) is 0 Å². The fraction of sp³-hybridized carbons (Fsp3) is 0.722. The Morgan fingerprint density at radius 3 is 1.77 bits per heavy atom. The number of hydrogen-bond acceptors (Lipinski definition) is 3. The van der Waals surface area contributed by atoms with Crippen molar-refractivity contribution in [2.24, 2.45) is 0 Å². The topological polar surface area (TPSA) is 63.6 Å². The van der Waals surface area contributed by atoms with Crippen molar-refractivity contribution in [2.45, 2.75) is 168 Å². The van der Waals surface area contributed by atoms with Gasteiger partial charge in [0.1, 0.15) is 6.10 Å². The van der Waals surface area contributed by atoms with Gasteiger partial charge < -0.3 is 9.84 Å². The second-order valence-electron chi connectivity index (χ2n) is 11.0. The molecule has 0 aromatic heterocycles. The van der Waals surface area contributed by atoms with Crippen molar-refractivity contribution in [1.82, 2.24) is 0 Å². The van der Waals surface area contributed by atoms with E-state index in [2.05, 4.69) is 62.5 Å². The van der Waals surface area contributed by atoms with E-state index in [9.17, 15) is 9.59 Å². The van der Waals surface area contributed by atoms with Crippen molar-refractivity contribution in [3.05, 3.63) is 48.6 Å². The van der Waals surface area contributed by atoms with Crippen LogP contribution in [0.25, 0.3) is 0 Å². The minimum atomic E-state index is -0.726. The van der Waals surface area contributed by atoms with Gasteiger partial charge in [0.05, 0.1) is 0 Å². The van der Waals surface area contributed by atoms with Crippen molar-refractivity contribution < 1.29 is 19.4 Å². The summed E-state index contributed by atoms with van der Waals surface area (Å²) in [4.78, 5) is 23.2. The summed E-state index contributed by atoms with van der Waals surface area (Å²) >= 11 is 0. The molecule has 1 atom stereocenters. The van der Waals surface area contributed by atoms with E-state index in [0.717, 1.165) is 77.0 Å². The van der Waals surface area contributed by atoms with E-state index < -0.39 is 5.97 Å². The molecular weight excluding hydrogens is 496 g/mol. The maximum absolute atomic E-state index is 12.5. The van der Waals surface area contributed by atoms with Crippen molar-refractivity contribution >= 4 is 11.9 Å². The van der Waals surface area contributed by atoms with E-state index in [-0.39, 0.29) is 18.5 Å². The lowest BCUT2D eigenvalue weighted by atomic mass is 10.1. The van der Waals surface area contributed by atoms with Crippen molar-refractivity contribution in [3.8, 4) is 0 Å². The Morgan fingerprint density at radius 2 is 1.12 bits per heavy atom. The number of aliphatic carboxylic acids is 1. The van der Waals surface area contributed by atoms with Gasteiger partial charge in [0.25, 0.3) is 0 Å². The van der Waals surface area contributed by atoms with Crippen LogP contribution < -0.4 is 0 Å². The van der Waals surface area contributed by atoms with Crippen LogP contribution in [0.1, 0.15) is 162 Å². The number of carbonyl (C=O) groups is 2. The standard InChI is InChI=1S/C36H62O4/c1-3-5-7-9-11-13-14-15-16-17-18-19-21-23-29-33-36(39)40-34(31-27-24-25-28-32-35(37)38)30-26-22-20-12-10-8-6-4-2/h5,7,11,13,15-16,26,30,34H,3-4,6,8-10,12,14,17-25,27-29,31-33H2,1-2H3,(H,37,38)/b7-5-,13-11-,16-15-,30-26-. The van der Waals surface area contributed by atoms with Gasteiger partial charge in [-0.1, -0.05) is 121 Å². The molecule has 0 aromatic carbocycles. The highest BCUT2D eigenvalue weighted by molar-refractivity contribution is 5.69. The lowest BCUT2D eigenvalue weighted by Crippen LogP contribution is -2.16. The summed E-state index contributed by atoms with van der Waals surface area (Å²) in [6.45, 7) is 4.40. The molecule has 0 aliphatic heterocycles. The van der Waals surface area contributed by atoms with Gasteiger partial charge in [0.2, 0.25) is 0 Å². The molecule has 0 bridgehead atoms. The Bertz CT molecular complexity index is 689. The Labute approximate surface area is 247 Å². The maximum atomic E-state index is 12.5. The number of unbranched alkanes of at least 4 members (excludes halogenated alkanes) is 14. The molecule has 1 unspecified atom stereocenters. The molecule has 1 N–H and O–H groups in total. The first-order chi connectivity index (χ1) is 19.6. The predicted octanol–water partition coefficient (Wildman–Crippen LogP) is 11.2. The van der Waals surface area contributed by atoms with Gasteiger partial charge in [-0.3, -0.25) is 9.59 Å². The van der Waals surface area contributed by atoms with E-state index in [0.29, 0.717) is 6.42 Å². The molecule has 0 rings (SSSR count). The van der Waals surface area contributed by atoms with Crippen LogP contribution in [0.3, 0.4) is 0 Å². The van der Waals surface area contributed by atoms with Crippen molar-refractivity contribution in [1.29, 1.82) is 0 Å². The molecule has 0 saturated heterocycles. The first kappa shape index (κ1) is 37.9. The number of allylic oxidation sites excluding steroid dienone is 7. The summed E-state index contributed by atoms with van der Waals surface area (Å²) in [6.07, 6.45) is 41.3. The molecule has 0 aliphatic carbocycles. The fourth-order valence-electron chi connectivity index (χ4n) is 4.58. The lowest BCUT2D eigenvalue weighted by molar-refractivity contribution is -0.147. The van der Waals surface area contributed by atoms with Crippen LogP contribution in [0, 0.1) is 0 Å². The minimum absolute atomic E-state index is 0.0822. The van der Waals surface area contributed by atoms with Gasteiger partial charge in [-0.2, -0.15) is 0 Å². The van der Waals surface area contributed by atoms with Crippen LogP contribution >= 0.6 is 0 Å². The summed E-state index contributed by atoms with van der Waals surface area (Å²) in [5.41, 5.74) is 0. The van der Waals surface area contributed by atoms with E-state index in [4.69, 9.17) is 9.84 Å². The third kappa shape index (κ3) is 30.4. The van der Waals surface area contributed by atoms with Gasteiger partial charge in [0, 0.05) is 12.8 Å². The second-order valence-corrected chi connectivity index (χ2v) is 11.0. The molecule has 0 saturated carbocycles. The maximum Gasteiger partial charge on any atom is 0.306 e. The Morgan fingerprint density at radius 1 is 0.600 bits per heavy atom. The minimum Gasteiger partial charge on any atom is -0.481 e. The molecule has 4 heteroatoms. The van der Waals surface area contributed by atoms with Crippen LogP contribution in [0.2, 0.25) is 0 Å². The zero-order chi connectivity index (χ0) is 29.4. The largest absolute Gasteiger partial charge is 0.481 e. The first-order valence-electron chi connectivity index (χ1n) is 16.6. The van der Waals surface area contributed by atoms with E-state index in [1.54, 1.807) is 0 Å². The average molecular weight is 559 g/mol. The summed E-state index contributed by atoms with van der Waals surface area (Å²) in [5, 5.41) is 8.79. The van der Waals surface area contributed by atoms with Gasteiger partial charge >= 0.3 is 11.9 Å². The molecule has 40 heavy (non-hydrogen) atoms. The van der Waals surface area contributed by atoms with Crippen LogP contribution in [-0.2, 0) is 14.3 Å². The molecule has 0 aromatic rings. The van der Waals surface area contributed by atoms with Crippen LogP contribution in [-0.4, -0.2) is 23.1 Å².